The molecule has 154 valence electrons. The van der Waals surface area contributed by atoms with Gasteiger partial charge in [0.15, 0.2) is 0 Å². The largest absolute Gasteiger partial charge is 0.462 e. The number of halogens is 1. The SMILES string of the molecule is CCOC(=O)c1c(N=C/C(Br)=C/c2ccccc2)sc2c1CC(C)(C)NC2(C)C. The van der Waals surface area contributed by atoms with E-state index in [9.17, 15) is 4.79 Å². The highest BCUT2D eigenvalue weighted by Gasteiger charge is 2.41. The lowest BCUT2D eigenvalue weighted by molar-refractivity contribution is 0.0525. The van der Waals surface area contributed by atoms with Crippen molar-refractivity contribution in [2.24, 2.45) is 4.99 Å². The maximum absolute atomic E-state index is 12.8. The molecule has 0 bridgehead atoms. The van der Waals surface area contributed by atoms with Crippen LogP contribution in [-0.2, 0) is 16.7 Å². The number of allylic oxidation sites excluding steroid dienone is 1. The lowest BCUT2D eigenvalue weighted by Crippen LogP contribution is -2.55. The second kappa shape index (κ2) is 8.54. The number of nitrogens with zero attached hydrogens (tertiary/aromatic N) is 1. The van der Waals surface area contributed by atoms with Gasteiger partial charge in [0.1, 0.15) is 5.00 Å². The number of carbonyl (C=O) groups is 1. The Balaban J connectivity index is 2.04. The number of carbonyl (C=O) groups excluding carboxylic acids is 1. The first-order valence-electron chi connectivity index (χ1n) is 9.72. The maximum atomic E-state index is 12.8. The number of rotatable bonds is 5. The highest BCUT2D eigenvalue weighted by molar-refractivity contribution is 9.12. The molecular weight excluding hydrogens is 448 g/mol. The fourth-order valence-corrected chi connectivity index (χ4v) is 5.46. The van der Waals surface area contributed by atoms with E-state index in [1.54, 1.807) is 17.6 Å². The number of ether oxygens (including phenoxy) is 1. The van der Waals surface area contributed by atoms with E-state index in [-0.39, 0.29) is 17.0 Å². The molecule has 2 aromatic rings. The summed E-state index contributed by atoms with van der Waals surface area (Å²) < 4.78 is 6.21. The van der Waals surface area contributed by atoms with Gasteiger partial charge in [0.2, 0.25) is 0 Å². The summed E-state index contributed by atoms with van der Waals surface area (Å²) in [7, 11) is 0. The Kier molecular flexibility index (Phi) is 6.46. The summed E-state index contributed by atoms with van der Waals surface area (Å²) in [5, 5.41) is 4.38. The van der Waals surface area contributed by atoms with Gasteiger partial charge in [0, 0.05) is 26.7 Å². The van der Waals surface area contributed by atoms with E-state index < -0.39 is 0 Å². The summed E-state index contributed by atoms with van der Waals surface area (Å²) in [4.78, 5) is 18.6. The molecule has 0 radical (unpaired) electrons. The Morgan fingerprint density at radius 1 is 1.28 bits per heavy atom. The molecule has 6 heteroatoms. The minimum atomic E-state index is -0.297. The zero-order chi connectivity index (χ0) is 21.2. The van der Waals surface area contributed by atoms with Crippen molar-refractivity contribution in [3.63, 3.8) is 0 Å². The van der Waals surface area contributed by atoms with E-state index in [1.165, 1.54) is 0 Å². The zero-order valence-electron chi connectivity index (χ0n) is 17.5. The number of nitrogens with one attached hydrogen (secondary N) is 1. The Morgan fingerprint density at radius 2 is 1.97 bits per heavy atom. The van der Waals surface area contributed by atoms with Crippen LogP contribution in [-0.4, -0.2) is 24.3 Å². The topological polar surface area (TPSA) is 50.7 Å². The number of thiophene rings is 1. The molecule has 1 aliphatic heterocycles. The Bertz CT molecular complexity index is 959. The van der Waals surface area contributed by atoms with E-state index in [4.69, 9.17) is 4.74 Å². The van der Waals surface area contributed by atoms with E-state index >= 15 is 0 Å². The van der Waals surface area contributed by atoms with Crippen LogP contribution in [0.5, 0.6) is 0 Å². The van der Waals surface area contributed by atoms with Crippen molar-refractivity contribution in [2.75, 3.05) is 6.61 Å². The van der Waals surface area contributed by atoms with Gasteiger partial charge in [-0.2, -0.15) is 0 Å². The number of fused-ring (bicyclic) bond motifs is 1. The number of hydrogen-bond donors (Lipinski definition) is 1. The number of hydrogen-bond acceptors (Lipinski definition) is 5. The number of benzene rings is 1. The van der Waals surface area contributed by atoms with Gasteiger partial charge in [0.05, 0.1) is 12.2 Å². The van der Waals surface area contributed by atoms with Crippen molar-refractivity contribution in [2.45, 2.75) is 52.1 Å². The van der Waals surface area contributed by atoms with Gasteiger partial charge in [-0.25, -0.2) is 9.79 Å². The van der Waals surface area contributed by atoms with Crippen LogP contribution in [0.25, 0.3) is 6.08 Å². The standard InChI is InChI=1S/C23H27BrN2O2S/c1-6-28-21(27)18-17-13-22(2,3)26-23(4,5)19(17)29-20(18)25-14-16(24)12-15-10-8-7-9-11-15/h7-12,14,26H,6,13H2,1-5H3/b16-12-,25-14?. The third-order valence-corrected chi connectivity index (χ3v) is 6.61. The van der Waals surface area contributed by atoms with Gasteiger partial charge >= 0.3 is 5.97 Å². The molecular formula is C23H27BrN2O2S. The molecule has 0 aliphatic carbocycles. The summed E-state index contributed by atoms with van der Waals surface area (Å²) in [5.74, 6) is -0.297. The monoisotopic (exact) mass is 474 g/mol. The molecule has 0 fully saturated rings. The number of aliphatic imine (C=N–C) groups is 1. The lowest BCUT2D eigenvalue weighted by atomic mass is 9.81. The Morgan fingerprint density at radius 3 is 2.62 bits per heavy atom. The van der Waals surface area contributed by atoms with Gasteiger partial charge < -0.3 is 10.1 Å². The molecule has 0 spiro atoms. The molecule has 0 amide bonds. The summed E-state index contributed by atoms with van der Waals surface area (Å²) in [6, 6.07) is 10.0. The van der Waals surface area contributed by atoms with Crippen molar-refractivity contribution in [3.8, 4) is 0 Å². The molecule has 1 aliphatic rings. The van der Waals surface area contributed by atoms with Crippen LogP contribution in [0.1, 0.15) is 61.0 Å². The minimum Gasteiger partial charge on any atom is -0.462 e. The van der Waals surface area contributed by atoms with Crippen molar-refractivity contribution in [1.29, 1.82) is 0 Å². The summed E-state index contributed by atoms with van der Waals surface area (Å²) in [5.41, 5.74) is 2.37. The third kappa shape index (κ3) is 5.05. The predicted octanol–water partition coefficient (Wildman–Crippen LogP) is 6.22. The van der Waals surface area contributed by atoms with E-state index in [2.05, 4.69) is 53.9 Å². The molecule has 1 N–H and O–H groups in total. The minimum absolute atomic E-state index is 0.117. The molecule has 2 heterocycles. The molecule has 29 heavy (non-hydrogen) atoms. The van der Waals surface area contributed by atoms with E-state index in [0.717, 1.165) is 26.9 Å². The van der Waals surface area contributed by atoms with Crippen LogP contribution in [0.4, 0.5) is 5.00 Å². The second-order valence-electron chi connectivity index (χ2n) is 8.32. The molecule has 4 nitrogen and oxygen atoms in total. The summed E-state index contributed by atoms with van der Waals surface area (Å²) in [6.07, 6.45) is 4.50. The molecule has 1 aromatic carbocycles. The molecule has 1 aromatic heterocycles. The highest BCUT2D eigenvalue weighted by atomic mass is 79.9. The van der Waals surface area contributed by atoms with Crippen molar-refractivity contribution < 1.29 is 9.53 Å². The average Bonchev–Trinajstić information content (AvgIpc) is 2.98. The molecule has 3 rings (SSSR count). The van der Waals surface area contributed by atoms with Gasteiger partial charge in [-0.3, -0.25) is 0 Å². The smallest absolute Gasteiger partial charge is 0.341 e. The van der Waals surface area contributed by atoms with Crippen LogP contribution in [0.15, 0.2) is 39.8 Å². The van der Waals surface area contributed by atoms with Crippen LogP contribution >= 0.6 is 27.3 Å². The zero-order valence-corrected chi connectivity index (χ0v) is 19.9. The lowest BCUT2D eigenvalue weighted by Gasteiger charge is -2.42. The van der Waals surface area contributed by atoms with Crippen molar-refractivity contribution in [1.82, 2.24) is 5.32 Å². The van der Waals surface area contributed by atoms with Gasteiger partial charge in [-0.1, -0.05) is 30.3 Å². The van der Waals surface area contributed by atoms with Crippen LogP contribution < -0.4 is 5.32 Å². The fourth-order valence-electron chi connectivity index (χ4n) is 3.88. The van der Waals surface area contributed by atoms with Gasteiger partial charge in [-0.15, -0.1) is 11.3 Å². The molecule has 0 saturated heterocycles. The normalized spacial score (nSPS) is 17.9. The highest BCUT2D eigenvalue weighted by Crippen LogP contribution is 2.46. The first-order valence-corrected chi connectivity index (χ1v) is 11.3. The van der Waals surface area contributed by atoms with Crippen LogP contribution in [0, 0.1) is 0 Å². The first-order chi connectivity index (χ1) is 13.6. The third-order valence-electron chi connectivity index (χ3n) is 4.71. The molecule has 0 atom stereocenters. The first kappa shape index (κ1) is 21.9. The van der Waals surface area contributed by atoms with Crippen LogP contribution in [0.2, 0.25) is 0 Å². The predicted molar refractivity (Wildman–Crippen MR) is 126 cm³/mol. The summed E-state index contributed by atoms with van der Waals surface area (Å²) in [6.45, 7) is 10.8. The quantitative estimate of drug-likeness (QED) is 0.413. The Labute approximate surface area is 185 Å². The molecule has 0 unspecified atom stereocenters. The van der Waals surface area contributed by atoms with Crippen LogP contribution in [0.3, 0.4) is 0 Å². The second-order valence-corrected chi connectivity index (χ2v) is 10.2. The number of esters is 1. The molecule has 0 saturated carbocycles. The van der Waals surface area contributed by atoms with Gasteiger partial charge in [0.25, 0.3) is 0 Å². The summed E-state index contributed by atoms with van der Waals surface area (Å²) >= 11 is 5.13. The average molecular weight is 475 g/mol. The van der Waals surface area contributed by atoms with Crippen molar-refractivity contribution >= 4 is 50.5 Å². The maximum Gasteiger partial charge on any atom is 0.341 e. The van der Waals surface area contributed by atoms with Gasteiger partial charge in [-0.05, 0) is 74.2 Å². The Hall–Kier alpha value is -1.76. The van der Waals surface area contributed by atoms with Crippen molar-refractivity contribution in [3.05, 3.63) is 56.4 Å². The van der Waals surface area contributed by atoms with E-state index in [1.807, 2.05) is 43.3 Å². The van der Waals surface area contributed by atoms with E-state index in [0.29, 0.717) is 17.2 Å². The fraction of sp³-hybridized carbons (Fsp3) is 0.391.